The highest BCUT2D eigenvalue weighted by Gasteiger charge is 2.29. The number of hydrogen-bond acceptors (Lipinski definition) is 3. The Balaban J connectivity index is 1.34. The van der Waals surface area contributed by atoms with Crippen molar-refractivity contribution in [3.05, 3.63) is 46.2 Å². The first-order valence-electron chi connectivity index (χ1n) is 9.01. The third-order valence-electron chi connectivity index (χ3n) is 5.80. The summed E-state index contributed by atoms with van der Waals surface area (Å²) in [5.41, 5.74) is 11.1. The third-order valence-corrected chi connectivity index (χ3v) is 5.80. The molecule has 1 N–H and O–H groups in total. The van der Waals surface area contributed by atoms with Gasteiger partial charge in [-0.1, -0.05) is 24.8 Å². The molecule has 0 saturated carbocycles. The summed E-state index contributed by atoms with van der Waals surface area (Å²) in [6.07, 6.45) is 7.23. The molecular weight excluding hydrogens is 281 g/mol. The van der Waals surface area contributed by atoms with Gasteiger partial charge >= 0.3 is 0 Å². The van der Waals surface area contributed by atoms with Crippen molar-refractivity contribution in [2.45, 2.75) is 32.4 Å². The Morgan fingerprint density at radius 2 is 2.17 bits per heavy atom. The van der Waals surface area contributed by atoms with Crippen LogP contribution in [0.1, 0.15) is 22.3 Å². The lowest BCUT2D eigenvalue weighted by molar-refractivity contribution is 0.102. The third kappa shape index (κ3) is 3.07. The molecule has 0 atom stereocenters. The Kier molecular flexibility index (Phi) is 4.21. The summed E-state index contributed by atoms with van der Waals surface area (Å²) in [4.78, 5) is 2.57. The quantitative estimate of drug-likeness (QED) is 0.858. The summed E-state index contributed by atoms with van der Waals surface area (Å²) in [5.74, 6) is 0.833. The first-order chi connectivity index (χ1) is 11.2. The number of rotatable bonds is 4. The molecule has 1 aromatic carbocycles. The summed E-state index contributed by atoms with van der Waals surface area (Å²) in [6.45, 7) is 6.90. The van der Waals surface area contributed by atoms with Crippen LogP contribution in [0.25, 0.3) is 0 Å². The molecular formula is C19H27BN3. The highest BCUT2D eigenvalue weighted by Crippen LogP contribution is 2.28. The van der Waals surface area contributed by atoms with Crippen molar-refractivity contribution >= 4 is 7.28 Å². The van der Waals surface area contributed by atoms with Gasteiger partial charge in [-0.2, -0.15) is 0 Å². The van der Waals surface area contributed by atoms with Gasteiger partial charge in [0, 0.05) is 38.9 Å². The zero-order valence-electron chi connectivity index (χ0n) is 14.4. The highest BCUT2D eigenvalue weighted by atomic mass is 15.5. The van der Waals surface area contributed by atoms with Gasteiger partial charge in [-0.05, 0) is 54.0 Å². The first-order valence-corrected chi connectivity index (χ1v) is 9.01. The average Bonchev–Trinajstić information content (AvgIpc) is 2.93. The molecule has 0 unspecified atom stereocenters. The molecule has 0 aliphatic carbocycles. The van der Waals surface area contributed by atoms with Crippen molar-refractivity contribution in [3.63, 3.8) is 0 Å². The van der Waals surface area contributed by atoms with E-state index in [0.717, 1.165) is 19.0 Å². The van der Waals surface area contributed by atoms with Gasteiger partial charge < -0.3 is 5.01 Å². The Hall–Kier alpha value is -1.26. The predicted octanol–water partition coefficient (Wildman–Crippen LogP) is 1.98. The SMILES string of the molecule is Cc1c(CC2CN(CC3=CCNN3C)C2)ccc2c1C[B]CC2. The van der Waals surface area contributed by atoms with E-state index < -0.39 is 0 Å². The lowest BCUT2D eigenvalue weighted by Crippen LogP contribution is -2.49. The Morgan fingerprint density at radius 3 is 2.96 bits per heavy atom. The van der Waals surface area contributed by atoms with E-state index in [0.29, 0.717) is 0 Å². The van der Waals surface area contributed by atoms with Gasteiger partial charge in [-0.3, -0.25) is 4.90 Å². The second kappa shape index (κ2) is 6.33. The van der Waals surface area contributed by atoms with Crippen LogP contribution in [-0.4, -0.2) is 50.4 Å². The fraction of sp³-hybridized carbons (Fsp3) is 0.579. The second-order valence-corrected chi connectivity index (χ2v) is 7.40. The maximum Gasteiger partial charge on any atom is 0.115 e. The number of nitrogens with zero attached hydrogens (tertiary/aromatic N) is 2. The number of nitrogens with one attached hydrogen (secondary N) is 1. The number of likely N-dealkylation sites (tertiary alicyclic amines) is 1. The monoisotopic (exact) mass is 308 g/mol. The lowest BCUT2D eigenvalue weighted by atomic mass is 9.61. The fourth-order valence-electron chi connectivity index (χ4n) is 4.29. The summed E-state index contributed by atoms with van der Waals surface area (Å²) in [7, 11) is 4.56. The number of likely N-dealkylation sites (N-methyl/N-ethyl adjacent to an activating group) is 1. The van der Waals surface area contributed by atoms with Crippen LogP contribution < -0.4 is 5.43 Å². The molecule has 3 aliphatic heterocycles. The van der Waals surface area contributed by atoms with E-state index >= 15 is 0 Å². The van der Waals surface area contributed by atoms with Gasteiger partial charge in [0.05, 0.1) is 0 Å². The molecule has 23 heavy (non-hydrogen) atoms. The molecule has 1 aromatic rings. The molecule has 0 aromatic heterocycles. The standard InChI is InChI=1S/C19H27BN3/c1-14-17(4-3-16-5-7-20-10-19(14)16)9-15-11-23(12-15)13-18-6-8-21-22(18)2/h3-4,6,15,21H,5,7-13H2,1-2H3. The van der Waals surface area contributed by atoms with Crippen molar-refractivity contribution in [1.29, 1.82) is 0 Å². The van der Waals surface area contributed by atoms with Crippen molar-refractivity contribution in [3.8, 4) is 0 Å². The largest absolute Gasteiger partial charge is 0.314 e. The molecule has 1 radical (unpaired) electrons. The summed E-state index contributed by atoms with van der Waals surface area (Å²) in [5, 5.41) is 2.16. The van der Waals surface area contributed by atoms with Crippen LogP contribution >= 0.6 is 0 Å². The van der Waals surface area contributed by atoms with Gasteiger partial charge in [0.2, 0.25) is 0 Å². The van der Waals surface area contributed by atoms with E-state index in [1.807, 2.05) is 0 Å². The Bertz CT molecular complexity index is 619. The average molecular weight is 308 g/mol. The summed E-state index contributed by atoms with van der Waals surface area (Å²) >= 11 is 0. The molecule has 0 spiro atoms. The topological polar surface area (TPSA) is 18.5 Å². The molecule has 4 rings (SSSR count). The minimum absolute atomic E-state index is 0.833. The van der Waals surface area contributed by atoms with Crippen LogP contribution in [0.4, 0.5) is 0 Å². The maximum absolute atomic E-state index is 3.32. The molecule has 1 fully saturated rings. The number of fused-ring (bicyclic) bond motifs is 1. The normalized spacial score (nSPS) is 21.7. The van der Waals surface area contributed by atoms with Gasteiger partial charge in [0.1, 0.15) is 7.28 Å². The zero-order valence-corrected chi connectivity index (χ0v) is 14.4. The van der Waals surface area contributed by atoms with Crippen molar-refractivity contribution in [2.24, 2.45) is 5.92 Å². The smallest absolute Gasteiger partial charge is 0.115 e. The van der Waals surface area contributed by atoms with Crippen LogP contribution in [0.3, 0.4) is 0 Å². The van der Waals surface area contributed by atoms with Gasteiger partial charge in [-0.15, -0.1) is 0 Å². The van der Waals surface area contributed by atoms with Gasteiger partial charge in [-0.25, -0.2) is 5.43 Å². The maximum atomic E-state index is 3.32. The minimum atomic E-state index is 0.833. The minimum Gasteiger partial charge on any atom is -0.314 e. The molecule has 0 amide bonds. The second-order valence-electron chi connectivity index (χ2n) is 7.40. The van der Waals surface area contributed by atoms with E-state index in [4.69, 9.17) is 0 Å². The molecule has 121 valence electrons. The fourth-order valence-corrected chi connectivity index (χ4v) is 4.29. The Morgan fingerprint density at radius 1 is 1.30 bits per heavy atom. The highest BCUT2D eigenvalue weighted by molar-refractivity contribution is 6.35. The van der Waals surface area contributed by atoms with Gasteiger partial charge in [0.15, 0.2) is 0 Å². The Labute approximate surface area is 140 Å². The molecule has 3 nitrogen and oxygen atoms in total. The molecule has 3 aliphatic rings. The number of hydrazine groups is 1. The first kappa shape index (κ1) is 15.3. The molecule has 3 heterocycles. The number of aryl methyl sites for hydroxylation is 1. The van der Waals surface area contributed by atoms with E-state index in [2.05, 4.69) is 54.8 Å². The number of benzene rings is 1. The van der Waals surface area contributed by atoms with Crippen molar-refractivity contribution in [1.82, 2.24) is 15.3 Å². The van der Waals surface area contributed by atoms with E-state index in [1.54, 1.807) is 22.3 Å². The van der Waals surface area contributed by atoms with E-state index in [1.165, 1.54) is 44.3 Å². The molecule has 4 heteroatoms. The molecule has 1 saturated heterocycles. The van der Waals surface area contributed by atoms with E-state index in [-0.39, 0.29) is 0 Å². The molecule has 0 bridgehead atoms. The number of hydrogen-bond donors (Lipinski definition) is 1. The summed E-state index contributed by atoms with van der Waals surface area (Å²) in [6, 6.07) is 4.80. The van der Waals surface area contributed by atoms with Crippen LogP contribution in [0.5, 0.6) is 0 Å². The lowest BCUT2D eigenvalue weighted by Gasteiger charge is -2.40. The van der Waals surface area contributed by atoms with Crippen molar-refractivity contribution < 1.29 is 0 Å². The zero-order chi connectivity index (χ0) is 15.8. The predicted molar refractivity (Wildman–Crippen MR) is 96.6 cm³/mol. The van der Waals surface area contributed by atoms with Gasteiger partial charge in [0.25, 0.3) is 0 Å². The van der Waals surface area contributed by atoms with Crippen molar-refractivity contribution in [2.75, 3.05) is 33.2 Å². The van der Waals surface area contributed by atoms with Crippen LogP contribution in [-0.2, 0) is 19.2 Å². The van der Waals surface area contributed by atoms with Crippen LogP contribution in [0.2, 0.25) is 6.32 Å². The van der Waals surface area contributed by atoms with Crippen LogP contribution in [0, 0.1) is 12.8 Å². The van der Waals surface area contributed by atoms with Crippen LogP contribution in [0.15, 0.2) is 23.9 Å². The van der Waals surface area contributed by atoms with E-state index in [9.17, 15) is 0 Å². The summed E-state index contributed by atoms with van der Waals surface area (Å²) < 4.78 is 0.